The van der Waals surface area contributed by atoms with Gasteiger partial charge in [-0.15, -0.1) is 12.4 Å². The number of sulfonamides is 1. The number of ether oxygens (including phenoxy) is 1. The SMILES string of the molecule is CCNCc1ccccc1NC(=O)CNS(=O)(=O)CCOC(C)C.Cl. The number of para-hydroxylation sites is 1. The number of carbonyl (C=O) groups is 1. The monoisotopic (exact) mass is 393 g/mol. The first kappa shape index (κ1) is 23.8. The number of rotatable bonds is 11. The summed E-state index contributed by atoms with van der Waals surface area (Å²) in [6.07, 6.45) is -0.0308. The van der Waals surface area contributed by atoms with E-state index in [0.29, 0.717) is 12.2 Å². The topological polar surface area (TPSA) is 96.5 Å². The van der Waals surface area contributed by atoms with Crippen molar-refractivity contribution < 1.29 is 17.9 Å². The largest absolute Gasteiger partial charge is 0.378 e. The van der Waals surface area contributed by atoms with Gasteiger partial charge in [-0.1, -0.05) is 25.1 Å². The van der Waals surface area contributed by atoms with Crippen LogP contribution in [0.5, 0.6) is 0 Å². The number of amides is 1. The molecule has 1 rings (SSSR count). The highest BCUT2D eigenvalue weighted by molar-refractivity contribution is 7.89. The minimum absolute atomic E-state index is 0. The van der Waals surface area contributed by atoms with Crippen LogP contribution in [-0.2, 0) is 26.1 Å². The number of halogens is 1. The third kappa shape index (κ3) is 10.4. The van der Waals surface area contributed by atoms with E-state index in [1.807, 2.05) is 39.0 Å². The lowest BCUT2D eigenvalue weighted by Gasteiger charge is -2.12. The lowest BCUT2D eigenvalue weighted by Crippen LogP contribution is -2.35. The van der Waals surface area contributed by atoms with Crippen molar-refractivity contribution in [3.05, 3.63) is 29.8 Å². The summed E-state index contributed by atoms with van der Waals surface area (Å²) in [5, 5.41) is 5.92. The Bertz CT molecular complexity index is 624. The Morgan fingerprint density at radius 2 is 1.92 bits per heavy atom. The van der Waals surface area contributed by atoms with Crippen molar-refractivity contribution in [2.45, 2.75) is 33.4 Å². The molecule has 0 saturated heterocycles. The molecule has 0 fully saturated rings. The van der Waals surface area contributed by atoms with E-state index in [1.54, 1.807) is 6.07 Å². The minimum atomic E-state index is -3.54. The molecule has 0 radical (unpaired) electrons. The van der Waals surface area contributed by atoms with Crippen LogP contribution in [0.3, 0.4) is 0 Å². The number of benzene rings is 1. The molecule has 0 aromatic heterocycles. The van der Waals surface area contributed by atoms with Gasteiger partial charge in [-0.3, -0.25) is 4.79 Å². The second-order valence-corrected chi connectivity index (χ2v) is 7.47. The Balaban J connectivity index is 0.00000576. The first-order valence-electron chi connectivity index (χ1n) is 8.01. The molecule has 0 aliphatic heterocycles. The van der Waals surface area contributed by atoms with Crippen LogP contribution in [0.25, 0.3) is 0 Å². The smallest absolute Gasteiger partial charge is 0.239 e. The van der Waals surface area contributed by atoms with Crippen molar-refractivity contribution in [2.75, 3.05) is 30.8 Å². The summed E-state index contributed by atoms with van der Waals surface area (Å²) >= 11 is 0. The van der Waals surface area contributed by atoms with Crippen molar-refractivity contribution in [3.63, 3.8) is 0 Å². The van der Waals surface area contributed by atoms with Crippen LogP contribution in [0.2, 0.25) is 0 Å². The summed E-state index contributed by atoms with van der Waals surface area (Å²) in [5.74, 6) is -0.581. The lowest BCUT2D eigenvalue weighted by atomic mass is 10.1. The van der Waals surface area contributed by atoms with E-state index in [0.717, 1.165) is 12.1 Å². The molecule has 9 heteroatoms. The van der Waals surface area contributed by atoms with Crippen LogP contribution < -0.4 is 15.4 Å². The van der Waals surface area contributed by atoms with Gasteiger partial charge in [0.05, 0.1) is 25.0 Å². The fraction of sp³-hybridized carbons (Fsp3) is 0.562. The average molecular weight is 394 g/mol. The van der Waals surface area contributed by atoms with Gasteiger partial charge in [0.15, 0.2) is 0 Å². The maximum atomic E-state index is 12.0. The van der Waals surface area contributed by atoms with E-state index < -0.39 is 15.9 Å². The molecule has 0 aliphatic carbocycles. The van der Waals surface area contributed by atoms with E-state index in [-0.39, 0.29) is 37.4 Å². The third-order valence-electron chi connectivity index (χ3n) is 3.11. The minimum Gasteiger partial charge on any atom is -0.378 e. The van der Waals surface area contributed by atoms with Crippen molar-refractivity contribution in [1.82, 2.24) is 10.0 Å². The lowest BCUT2D eigenvalue weighted by molar-refractivity contribution is -0.115. The van der Waals surface area contributed by atoms with Gasteiger partial charge in [-0.05, 0) is 32.0 Å². The normalized spacial score (nSPS) is 11.2. The van der Waals surface area contributed by atoms with Gasteiger partial charge in [-0.2, -0.15) is 0 Å². The van der Waals surface area contributed by atoms with Crippen LogP contribution in [0.1, 0.15) is 26.3 Å². The number of carbonyl (C=O) groups excluding carboxylic acids is 1. The van der Waals surface area contributed by atoms with Gasteiger partial charge in [0.1, 0.15) is 0 Å². The molecular weight excluding hydrogens is 366 g/mol. The van der Waals surface area contributed by atoms with E-state index >= 15 is 0 Å². The predicted octanol–water partition coefficient (Wildman–Crippen LogP) is 1.50. The number of anilines is 1. The summed E-state index contributed by atoms with van der Waals surface area (Å²) in [4.78, 5) is 12.0. The second kappa shape index (κ2) is 12.2. The first-order valence-corrected chi connectivity index (χ1v) is 9.66. The molecule has 144 valence electrons. The van der Waals surface area contributed by atoms with Gasteiger partial charge < -0.3 is 15.4 Å². The summed E-state index contributed by atoms with van der Waals surface area (Å²) < 4.78 is 31.1. The van der Waals surface area contributed by atoms with Crippen LogP contribution in [-0.4, -0.2) is 45.9 Å². The maximum Gasteiger partial charge on any atom is 0.239 e. The molecule has 0 heterocycles. The maximum absolute atomic E-state index is 12.0. The van der Waals surface area contributed by atoms with Gasteiger partial charge in [0.25, 0.3) is 0 Å². The van der Waals surface area contributed by atoms with Crippen molar-refractivity contribution in [1.29, 1.82) is 0 Å². The fourth-order valence-corrected chi connectivity index (χ4v) is 2.70. The molecule has 0 aliphatic rings. The van der Waals surface area contributed by atoms with Crippen LogP contribution in [0.15, 0.2) is 24.3 Å². The highest BCUT2D eigenvalue weighted by atomic mass is 35.5. The molecule has 1 aromatic carbocycles. The Morgan fingerprint density at radius 3 is 2.56 bits per heavy atom. The first-order chi connectivity index (χ1) is 11.3. The number of nitrogens with one attached hydrogen (secondary N) is 3. The Kier molecular flexibility index (Phi) is 11.6. The Hall–Kier alpha value is -1.19. The molecule has 0 atom stereocenters. The van der Waals surface area contributed by atoms with Crippen LogP contribution in [0.4, 0.5) is 5.69 Å². The van der Waals surface area contributed by atoms with Crippen molar-refractivity contribution >= 4 is 34.0 Å². The standard InChI is InChI=1S/C16H27N3O4S.ClH/c1-4-17-11-14-7-5-6-8-15(14)19-16(20)12-18-24(21,22)10-9-23-13(2)3;/h5-8,13,17-18H,4,9-12H2,1-3H3,(H,19,20);1H. The number of hydrogen-bond acceptors (Lipinski definition) is 5. The van der Waals surface area contributed by atoms with Gasteiger partial charge in [0.2, 0.25) is 15.9 Å². The van der Waals surface area contributed by atoms with E-state index in [2.05, 4.69) is 15.4 Å². The fourth-order valence-electron chi connectivity index (χ4n) is 1.89. The van der Waals surface area contributed by atoms with E-state index in [9.17, 15) is 13.2 Å². The zero-order valence-electron chi connectivity index (χ0n) is 14.9. The predicted molar refractivity (Wildman–Crippen MR) is 103 cm³/mol. The molecule has 0 unspecified atom stereocenters. The molecule has 1 amide bonds. The highest BCUT2D eigenvalue weighted by Crippen LogP contribution is 2.14. The molecule has 3 N–H and O–H groups in total. The zero-order valence-corrected chi connectivity index (χ0v) is 16.5. The van der Waals surface area contributed by atoms with Gasteiger partial charge in [0, 0.05) is 12.2 Å². The third-order valence-corrected chi connectivity index (χ3v) is 4.40. The summed E-state index contributed by atoms with van der Waals surface area (Å²) in [6, 6.07) is 7.40. The Labute approximate surface area is 156 Å². The summed E-state index contributed by atoms with van der Waals surface area (Å²) in [6.45, 7) is 6.90. The average Bonchev–Trinajstić information content (AvgIpc) is 2.52. The summed E-state index contributed by atoms with van der Waals surface area (Å²) in [7, 11) is -3.54. The molecule has 25 heavy (non-hydrogen) atoms. The van der Waals surface area contributed by atoms with E-state index in [1.165, 1.54) is 0 Å². The molecule has 0 saturated carbocycles. The van der Waals surface area contributed by atoms with Crippen LogP contribution >= 0.6 is 12.4 Å². The molecule has 0 spiro atoms. The summed E-state index contributed by atoms with van der Waals surface area (Å²) in [5.41, 5.74) is 1.62. The zero-order chi connectivity index (χ0) is 18.0. The Morgan fingerprint density at radius 1 is 1.24 bits per heavy atom. The molecule has 1 aromatic rings. The van der Waals surface area contributed by atoms with Gasteiger partial charge >= 0.3 is 0 Å². The van der Waals surface area contributed by atoms with Gasteiger partial charge in [-0.25, -0.2) is 13.1 Å². The highest BCUT2D eigenvalue weighted by Gasteiger charge is 2.13. The second-order valence-electron chi connectivity index (χ2n) is 5.55. The molecular formula is C16H28ClN3O4S. The molecule has 7 nitrogen and oxygen atoms in total. The van der Waals surface area contributed by atoms with Crippen molar-refractivity contribution in [2.24, 2.45) is 0 Å². The quantitative estimate of drug-likeness (QED) is 0.529. The van der Waals surface area contributed by atoms with E-state index in [4.69, 9.17) is 4.74 Å². The van der Waals surface area contributed by atoms with Crippen LogP contribution in [0, 0.1) is 0 Å². The van der Waals surface area contributed by atoms with Crippen molar-refractivity contribution in [3.8, 4) is 0 Å². The molecule has 0 bridgehead atoms. The number of hydrogen-bond donors (Lipinski definition) is 3.